The number of nitrogens with zero attached hydrogens (tertiary/aromatic N) is 3. The molecule has 12 heteroatoms. The normalized spacial score (nSPS) is 16.3. The number of benzene rings is 3. The Morgan fingerprint density at radius 2 is 1.88 bits per heavy atom. The Balaban J connectivity index is 1.55. The number of hydrogen-bond donors (Lipinski definition) is 1. The van der Waals surface area contributed by atoms with Crippen molar-refractivity contribution in [2.75, 3.05) is 18.6 Å². The summed E-state index contributed by atoms with van der Waals surface area (Å²) in [5.74, 6) is -1.98. The summed E-state index contributed by atoms with van der Waals surface area (Å²) in [6.07, 6.45) is 0. The fraction of sp³-hybridized carbons (Fsp3) is 0.172. The average molecular weight is 612 g/mol. The van der Waals surface area contributed by atoms with E-state index in [0.29, 0.717) is 33.0 Å². The molecular formula is C29H23ClFN3O5S2. The summed E-state index contributed by atoms with van der Waals surface area (Å²) in [6, 6.07) is 17.0. The molecule has 4 aromatic rings. The molecule has 41 heavy (non-hydrogen) atoms. The van der Waals surface area contributed by atoms with Crippen LogP contribution in [0.2, 0.25) is 5.02 Å². The number of carbonyl (C=O) groups is 2. The molecule has 1 aromatic heterocycles. The predicted octanol–water partition coefficient (Wildman–Crippen LogP) is 6.66. The number of ketones is 1. The number of aliphatic hydroxyl groups excluding tert-OH is 1. The van der Waals surface area contributed by atoms with Gasteiger partial charge in [-0.2, -0.15) is 0 Å². The molecule has 1 aliphatic rings. The molecule has 0 aliphatic carbocycles. The number of ether oxygens (including phenoxy) is 2. The van der Waals surface area contributed by atoms with E-state index in [1.165, 1.54) is 35.9 Å². The third kappa shape index (κ3) is 5.79. The second-order valence-electron chi connectivity index (χ2n) is 8.75. The molecule has 1 amide bonds. The van der Waals surface area contributed by atoms with Crippen molar-refractivity contribution >= 4 is 57.3 Å². The van der Waals surface area contributed by atoms with Gasteiger partial charge >= 0.3 is 5.91 Å². The third-order valence-corrected chi connectivity index (χ3v) is 8.76. The van der Waals surface area contributed by atoms with Gasteiger partial charge in [0.25, 0.3) is 5.78 Å². The van der Waals surface area contributed by atoms with E-state index < -0.39 is 29.3 Å². The Bertz CT molecular complexity index is 1640. The number of halogens is 2. The molecule has 0 saturated carbocycles. The molecule has 1 N–H and O–H groups in total. The minimum Gasteiger partial charge on any atom is -0.507 e. The summed E-state index contributed by atoms with van der Waals surface area (Å²) in [6.45, 7) is 2.31. The van der Waals surface area contributed by atoms with E-state index in [-0.39, 0.29) is 22.0 Å². The van der Waals surface area contributed by atoms with Gasteiger partial charge in [0.05, 0.1) is 25.3 Å². The summed E-state index contributed by atoms with van der Waals surface area (Å²) in [5.41, 5.74) is 1.25. The van der Waals surface area contributed by atoms with Gasteiger partial charge in [-0.25, -0.2) is 4.39 Å². The zero-order valence-corrected chi connectivity index (χ0v) is 24.2. The fourth-order valence-electron chi connectivity index (χ4n) is 4.34. The van der Waals surface area contributed by atoms with Crippen molar-refractivity contribution in [3.05, 3.63) is 99.8 Å². The molecular weight excluding hydrogens is 589 g/mol. The Kier molecular flexibility index (Phi) is 8.57. The number of hydrogen-bond acceptors (Lipinski definition) is 9. The highest BCUT2D eigenvalue weighted by Crippen LogP contribution is 2.44. The summed E-state index contributed by atoms with van der Waals surface area (Å²) in [5, 5.41) is 20.5. The summed E-state index contributed by atoms with van der Waals surface area (Å²) in [7, 11) is 1.32. The van der Waals surface area contributed by atoms with Crippen LogP contribution in [0.3, 0.4) is 0 Å². The summed E-state index contributed by atoms with van der Waals surface area (Å²) < 4.78 is 25.6. The van der Waals surface area contributed by atoms with Crippen LogP contribution in [-0.2, 0) is 15.3 Å². The minimum absolute atomic E-state index is 0.0190. The highest BCUT2D eigenvalue weighted by Gasteiger charge is 2.48. The van der Waals surface area contributed by atoms with Gasteiger partial charge in [0.15, 0.2) is 15.9 Å². The van der Waals surface area contributed by atoms with E-state index in [1.807, 2.05) is 25.1 Å². The molecule has 2 heterocycles. The van der Waals surface area contributed by atoms with Crippen molar-refractivity contribution in [2.45, 2.75) is 23.1 Å². The lowest BCUT2D eigenvalue weighted by molar-refractivity contribution is -0.132. The molecule has 0 bridgehead atoms. The largest absolute Gasteiger partial charge is 0.507 e. The van der Waals surface area contributed by atoms with Crippen LogP contribution >= 0.6 is 34.7 Å². The second kappa shape index (κ2) is 12.3. The molecule has 210 valence electrons. The highest BCUT2D eigenvalue weighted by molar-refractivity contribution is 8.00. The molecule has 3 aromatic carbocycles. The van der Waals surface area contributed by atoms with Crippen LogP contribution in [-0.4, -0.2) is 40.7 Å². The van der Waals surface area contributed by atoms with Crippen LogP contribution in [0.25, 0.3) is 5.76 Å². The Hall–Kier alpha value is -3.93. The molecule has 1 atom stereocenters. The number of thioether (sulfide) groups is 1. The monoisotopic (exact) mass is 611 g/mol. The first-order chi connectivity index (χ1) is 19.8. The first-order valence-corrected chi connectivity index (χ1v) is 14.6. The maximum Gasteiger partial charge on any atom is 0.301 e. The van der Waals surface area contributed by atoms with Crippen LogP contribution < -0.4 is 14.4 Å². The van der Waals surface area contributed by atoms with Crippen LogP contribution in [0.15, 0.2) is 76.6 Å². The van der Waals surface area contributed by atoms with Crippen molar-refractivity contribution in [1.29, 1.82) is 0 Å². The molecule has 0 spiro atoms. The number of amides is 1. The second-order valence-corrected chi connectivity index (χ2v) is 11.3. The fourth-order valence-corrected chi connectivity index (χ4v) is 6.49. The number of anilines is 1. The summed E-state index contributed by atoms with van der Waals surface area (Å²) in [4.78, 5) is 28.0. The Labute approximate surface area is 248 Å². The molecule has 8 nitrogen and oxygen atoms in total. The van der Waals surface area contributed by atoms with E-state index in [2.05, 4.69) is 10.2 Å². The molecule has 1 saturated heterocycles. The van der Waals surface area contributed by atoms with Gasteiger partial charge < -0.3 is 14.6 Å². The first kappa shape index (κ1) is 28.6. The maximum absolute atomic E-state index is 14.5. The third-order valence-electron chi connectivity index (χ3n) is 6.29. The van der Waals surface area contributed by atoms with Crippen LogP contribution in [0.5, 0.6) is 11.5 Å². The van der Waals surface area contributed by atoms with E-state index >= 15 is 0 Å². The molecule has 1 fully saturated rings. The Morgan fingerprint density at radius 1 is 1.12 bits per heavy atom. The Morgan fingerprint density at radius 3 is 2.56 bits per heavy atom. The van der Waals surface area contributed by atoms with Gasteiger partial charge in [-0.1, -0.05) is 65.0 Å². The molecule has 0 radical (unpaired) electrons. The van der Waals surface area contributed by atoms with Crippen LogP contribution in [0, 0.1) is 5.82 Å². The molecule has 1 unspecified atom stereocenters. The van der Waals surface area contributed by atoms with Crippen molar-refractivity contribution < 1.29 is 28.6 Å². The number of carbonyl (C=O) groups excluding carboxylic acids is 2. The number of rotatable bonds is 9. The lowest BCUT2D eigenvalue weighted by atomic mass is 9.95. The van der Waals surface area contributed by atoms with Gasteiger partial charge in [-0.15, -0.1) is 10.2 Å². The zero-order valence-electron chi connectivity index (χ0n) is 21.8. The van der Waals surface area contributed by atoms with Gasteiger partial charge in [-0.05, 0) is 54.4 Å². The zero-order chi connectivity index (χ0) is 29.1. The standard InChI is InChI=1S/C29H23ClFN3O5S2/c1-3-39-19-11-8-16(9-12-19)24-23(25(35)17-10-13-22(38-2)21(31)14-17)26(36)27(37)34(24)28-32-33-29(41-28)40-15-18-6-4-5-7-20(18)30/h4-14,24,35H,3,15H2,1-2H3/b25-23+. The van der Waals surface area contributed by atoms with Crippen LogP contribution in [0.1, 0.15) is 29.7 Å². The van der Waals surface area contributed by atoms with Gasteiger partial charge in [0.1, 0.15) is 11.5 Å². The van der Waals surface area contributed by atoms with Crippen molar-refractivity contribution in [3.8, 4) is 11.5 Å². The minimum atomic E-state index is -1.05. The number of Topliss-reactive ketones (excluding diaryl/α,β-unsaturated/α-hetero) is 1. The van der Waals surface area contributed by atoms with E-state index in [4.69, 9.17) is 21.1 Å². The van der Waals surface area contributed by atoms with Gasteiger partial charge in [-0.3, -0.25) is 14.5 Å². The van der Waals surface area contributed by atoms with Crippen molar-refractivity contribution in [3.63, 3.8) is 0 Å². The SMILES string of the molecule is CCOc1ccc(C2/C(=C(\O)c3ccc(OC)c(F)c3)C(=O)C(=O)N2c2nnc(SCc3ccccc3Cl)s2)cc1. The van der Waals surface area contributed by atoms with Crippen molar-refractivity contribution in [2.24, 2.45) is 0 Å². The molecule has 5 rings (SSSR count). The number of methoxy groups -OCH3 is 1. The number of aliphatic hydroxyl groups is 1. The average Bonchev–Trinajstić information content (AvgIpc) is 3.54. The quantitative estimate of drug-likeness (QED) is 0.0737. The van der Waals surface area contributed by atoms with Gasteiger partial charge in [0.2, 0.25) is 5.13 Å². The first-order valence-electron chi connectivity index (χ1n) is 12.4. The smallest absolute Gasteiger partial charge is 0.301 e. The number of aromatic nitrogens is 2. The van der Waals surface area contributed by atoms with Gasteiger partial charge in [0, 0.05) is 16.3 Å². The topological polar surface area (TPSA) is 102 Å². The summed E-state index contributed by atoms with van der Waals surface area (Å²) >= 11 is 8.79. The van der Waals surface area contributed by atoms with Crippen LogP contribution in [0.4, 0.5) is 9.52 Å². The molecule has 1 aliphatic heterocycles. The maximum atomic E-state index is 14.5. The lowest BCUT2D eigenvalue weighted by Crippen LogP contribution is -2.29. The van der Waals surface area contributed by atoms with Crippen molar-refractivity contribution in [1.82, 2.24) is 10.2 Å². The van der Waals surface area contributed by atoms with E-state index in [1.54, 1.807) is 30.3 Å². The van der Waals surface area contributed by atoms with E-state index in [9.17, 15) is 19.1 Å². The predicted molar refractivity (Wildman–Crippen MR) is 156 cm³/mol. The van der Waals surface area contributed by atoms with E-state index in [0.717, 1.165) is 23.0 Å². The highest BCUT2D eigenvalue weighted by atomic mass is 35.5. The lowest BCUT2D eigenvalue weighted by Gasteiger charge is -2.22.